The molecule has 1 aliphatic heterocycles. The number of halogens is 1. The quantitative estimate of drug-likeness (QED) is 0.807. The molecule has 0 aromatic heterocycles. The molecule has 1 fully saturated rings. The van der Waals surface area contributed by atoms with Crippen LogP contribution in [0.25, 0.3) is 0 Å². The van der Waals surface area contributed by atoms with Crippen molar-refractivity contribution in [2.75, 3.05) is 13.1 Å². The lowest BCUT2D eigenvalue weighted by Gasteiger charge is -2.34. The van der Waals surface area contributed by atoms with Gasteiger partial charge in [-0.15, -0.1) is 0 Å². The lowest BCUT2D eigenvalue weighted by atomic mass is 9.79. The zero-order chi connectivity index (χ0) is 11.6. The van der Waals surface area contributed by atoms with Gasteiger partial charge in [0.25, 0.3) is 0 Å². The lowest BCUT2D eigenvalue weighted by molar-refractivity contribution is 0.0771. The molecule has 3 heteroatoms. The molecule has 2 nitrogen and oxygen atoms in total. The van der Waals surface area contributed by atoms with Crippen LogP contribution >= 0.6 is 0 Å². The molecule has 0 aliphatic carbocycles. The van der Waals surface area contributed by atoms with E-state index in [-0.39, 0.29) is 11.7 Å². The van der Waals surface area contributed by atoms with Gasteiger partial charge in [0.2, 0.25) is 0 Å². The van der Waals surface area contributed by atoms with E-state index in [1.165, 1.54) is 6.07 Å². The van der Waals surface area contributed by atoms with Crippen molar-refractivity contribution in [3.63, 3.8) is 0 Å². The van der Waals surface area contributed by atoms with Gasteiger partial charge in [0, 0.05) is 0 Å². The van der Waals surface area contributed by atoms with E-state index in [0.29, 0.717) is 5.56 Å². The van der Waals surface area contributed by atoms with Gasteiger partial charge in [0.15, 0.2) is 0 Å². The number of phenolic OH excluding ortho intramolecular Hbond substituents is 1. The second kappa shape index (κ2) is 4.42. The zero-order valence-corrected chi connectivity index (χ0v) is 9.54. The first-order chi connectivity index (χ1) is 7.60. The summed E-state index contributed by atoms with van der Waals surface area (Å²) in [6.07, 6.45) is 1.70. The molecule has 2 rings (SSSR count). The summed E-state index contributed by atoms with van der Waals surface area (Å²) in [7, 11) is 0. The number of benzene rings is 1. The summed E-state index contributed by atoms with van der Waals surface area (Å²) in [5.74, 6) is 0.172. The third kappa shape index (κ3) is 2.19. The molecule has 1 heterocycles. The number of hydrogen-bond acceptors (Lipinski definition) is 2. The smallest absolute Gasteiger partial charge is 0.136 e. The number of aromatic hydroxyl groups is 1. The normalized spacial score (nSPS) is 21.6. The Hall–Kier alpha value is -1.09. The van der Waals surface area contributed by atoms with Crippen LogP contribution in [0.5, 0.6) is 5.75 Å². The van der Waals surface area contributed by atoms with E-state index in [1.54, 1.807) is 25.1 Å². The summed E-state index contributed by atoms with van der Waals surface area (Å²) in [6, 6.07) is 6.55. The molecule has 88 valence electrons. The average Bonchev–Trinajstić information content (AvgIpc) is 2.30. The van der Waals surface area contributed by atoms with Crippen molar-refractivity contribution in [2.45, 2.75) is 25.4 Å². The standard InChI is InChI=1S/C13H18FNO/c1-13(14,10-5-7-15-8-6-10)11-3-2-4-12(16)9-11/h2-4,9-10,15-16H,5-8H2,1H3. The zero-order valence-electron chi connectivity index (χ0n) is 9.54. The predicted octanol–water partition coefficient (Wildman–Crippen LogP) is 2.58. The van der Waals surface area contributed by atoms with Gasteiger partial charge in [-0.1, -0.05) is 12.1 Å². The fraction of sp³-hybridized carbons (Fsp3) is 0.538. The van der Waals surface area contributed by atoms with Crippen LogP contribution in [0.4, 0.5) is 4.39 Å². The molecule has 0 bridgehead atoms. The number of alkyl halides is 1. The Morgan fingerprint density at radius 2 is 2.06 bits per heavy atom. The maximum atomic E-state index is 14.7. The molecule has 0 spiro atoms. The van der Waals surface area contributed by atoms with Crippen molar-refractivity contribution >= 4 is 0 Å². The Kier molecular flexibility index (Phi) is 3.15. The first-order valence-corrected chi connectivity index (χ1v) is 5.80. The summed E-state index contributed by atoms with van der Waals surface area (Å²) >= 11 is 0. The minimum atomic E-state index is -1.35. The van der Waals surface area contributed by atoms with E-state index in [0.717, 1.165) is 25.9 Å². The number of nitrogens with one attached hydrogen (secondary N) is 1. The molecule has 1 aromatic rings. The van der Waals surface area contributed by atoms with Crippen LogP contribution < -0.4 is 5.32 Å². The average molecular weight is 223 g/mol. The number of hydrogen-bond donors (Lipinski definition) is 2. The Morgan fingerprint density at radius 3 is 2.69 bits per heavy atom. The van der Waals surface area contributed by atoms with Crippen LogP contribution in [0.2, 0.25) is 0 Å². The van der Waals surface area contributed by atoms with Crippen molar-refractivity contribution in [3.8, 4) is 5.75 Å². The predicted molar refractivity (Wildman–Crippen MR) is 62.2 cm³/mol. The molecule has 1 atom stereocenters. The van der Waals surface area contributed by atoms with Gasteiger partial charge in [-0.3, -0.25) is 0 Å². The molecule has 0 radical (unpaired) electrons. The van der Waals surface area contributed by atoms with E-state index >= 15 is 0 Å². The number of piperidine rings is 1. The van der Waals surface area contributed by atoms with Crippen molar-refractivity contribution in [2.24, 2.45) is 5.92 Å². The SMILES string of the molecule is CC(F)(c1cccc(O)c1)C1CCNCC1. The minimum Gasteiger partial charge on any atom is -0.508 e. The molecule has 1 unspecified atom stereocenters. The molecule has 0 amide bonds. The monoisotopic (exact) mass is 223 g/mol. The molecule has 2 N–H and O–H groups in total. The fourth-order valence-electron chi connectivity index (χ4n) is 2.41. The first-order valence-electron chi connectivity index (χ1n) is 5.80. The van der Waals surface area contributed by atoms with Gasteiger partial charge in [-0.05, 0) is 56.5 Å². The second-order valence-corrected chi connectivity index (χ2v) is 4.65. The number of rotatable bonds is 2. The van der Waals surface area contributed by atoms with Crippen molar-refractivity contribution in [1.29, 1.82) is 0 Å². The Morgan fingerprint density at radius 1 is 1.38 bits per heavy atom. The third-order valence-corrected chi connectivity index (χ3v) is 3.52. The summed E-state index contributed by atoms with van der Waals surface area (Å²) in [5, 5.41) is 12.6. The van der Waals surface area contributed by atoms with Gasteiger partial charge >= 0.3 is 0 Å². The van der Waals surface area contributed by atoms with Crippen molar-refractivity contribution in [1.82, 2.24) is 5.32 Å². The fourth-order valence-corrected chi connectivity index (χ4v) is 2.41. The molecule has 0 saturated carbocycles. The van der Waals surface area contributed by atoms with E-state index in [9.17, 15) is 9.50 Å². The van der Waals surface area contributed by atoms with Gasteiger partial charge in [0.1, 0.15) is 11.4 Å². The highest BCUT2D eigenvalue weighted by atomic mass is 19.1. The topological polar surface area (TPSA) is 32.3 Å². The summed E-state index contributed by atoms with van der Waals surface area (Å²) in [4.78, 5) is 0. The molecule has 1 saturated heterocycles. The molecule has 1 aromatic carbocycles. The maximum Gasteiger partial charge on any atom is 0.136 e. The van der Waals surface area contributed by atoms with E-state index in [1.807, 2.05) is 0 Å². The highest BCUT2D eigenvalue weighted by Gasteiger charge is 2.36. The van der Waals surface area contributed by atoms with Gasteiger partial charge in [0.05, 0.1) is 0 Å². The summed E-state index contributed by atoms with van der Waals surface area (Å²) < 4.78 is 14.7. The molecular weight excluding hydrogens is 205 g/mol. The van der Waals surface area contributed by atoms with Crippen molar-refractivity contribution < 1.29 is 9.50 Å². The Balaban J connectivity index is 2.22. The van der Waals surface area contributed by atoms with Crippen LogP contribution in [0.1, 0.15) is 25.3 Å². The second-order valence-electron chi connectivity index (χ2n) is 4.65. The summed E-state index contributed by atoms with van der Waals surface area (Å²) in [5.41, 5.74) is -0.764. The van der Waals surface area contributed by atoms with E-state index < -0.39 is 5.67 Å². The maximum absolute atomic E-state index is 14.7. The Bertz CT molecular complexity index is 359. The molecular formula is C13H18FNO. The van der Waals surface area contributed by atoms with E-state index in [2.05, 4.69) is 5.32 Å². The highest BCUT2D eigenvalue weighted by molar-refractivity contribution is 5.31. The van der Waals surface area contributed by atoms with E-state index in [4.69, 9.17) is 0 Å². The van der Waals surface area contributed by atoms with Crippen LogP contribution in [0.3, 0.4) is 0 Å². The number of phenols is 1. The van der Waals surface area contributed by atoms with Crippen LogP contribution in [-0.4, -0.2) is 18.2 Å². The largest absolute Gasteiger partial charge is 0.508 e. The Labute approximate surface area is 95.5 Å². The van der Waals surface area contributed by atoms with Gasteiger partial charge < -0.3 is 10.4 Å². The third-order valence-electron chi connectivity index (χ3n) is 3.52. The highest BCUT2D eigenvalue weighted by Crippen LogP contribution is 2.39. The summed E-state index contributed by atoms with van der Waals surface area (Å²) in [6.45, 7) is 3.38. The van der Waals surface area contributed by atoms with Gasteiger partial charge in [-0.25, -0.2) is 4.39 Å². The lowest BCUT2D eigenvalue weighted by Crippen LogP contribution is -2.37. The van der Waals surface area contributed by atoms with Crippen molar-refractivity contribution in [3.05, 3.63) is 29.8 Å². The van der Waals surface area contributed by atoms with Gasteiger partial charge in [-0.2, -0.15) is 0 Å². The van der Waals surface area contributed by atoms with Crippen LogP contribution in [0, 0.1) is 5.92 Å². The molecule has 16 heavy (non-hydrogen) atoms. The minimum absolute atomic E-state index is 0.0375. The first kappa shape index (κ1) is 11.4. The molecule has 1 aliphatic rings. The van der Waals surface area contributed by atoms with Crippen LogP contribution in [-0.2, 0) is 5.67 Å². The van der Waals surface area contributed by atoms with Crippen LogP contribution in [0.15, 0.2) is 24.3 Å².